The van der Waals surface area contributed by atoms with Gasteiger partial charge in [0.25, 0.3) is 0 Å². The molecule has 0 bridgehead atoms. The zero-order chi connectivity index (χ0) is 20.8. The highest BCUT2D eigenvalue weighted by molar-refractivity contribution is 5.76. The van der Waals surface area contributed by atoms with Gasteiger partial charge in [0, 0.05) is 32.4 Å². The molecule has 30 heavy (non-hydrogen) atoms. The van der Waals surface area contributed by atoms with Gasteiger partial charge < -0.3 is 18.9 Å². The van der Waals surface area contributed by atoms with Crippen molar-refractivity contribution >= 4 is 5.91 Å². The third-order valence-electron chi connectivity index (χ3n) is 5.41. The lowest BCUT2D eigenvalue weighted by Gasteiger charge is -2.23. The summed E-state index contributed by atoms with van der Waals surface area (Å²) in [6.07, 6.45) is 6.68. The number of amides is 1. The molecule has 0 aliphatic carbocycles. The number of benzene rings is 2. The fourth-order valence-corrected chi connectivity index (χ4v) is 3.64. The molecule has 0 fully saturated rings. The third kappa shape index (κ3) is 5.00. The highest BCUT2D eigenvalue weighted by Gasteiger charge is 2.18. The van der Waals surface area contributed by atoms with Crippen LogP contribution in [0, 0.1) is 0 Å². The van der Waals surface area contributed by atoms with Gasteiger partial charge in [-0.15, -0.1) is 0 Å². The Morgan fingerprint density at radius 2 is 1.90 bits per heavy atom. The van der Waals surface area contributed by atoms with Crippen LogP contribution in [0.1, 0.15) is 29.8 Å². The normalized spacial score (nSPS) is 12.2. The summed E-state index contributed by atoms with van der Waals surface area (Å²) in [7, 11) is 1.96. The molecular formula is C24H27N3O3. The van der Waals surface area contributed by atoms with Crippen LogP contribution < -0.4 is 9.47 Å². The zero-order valence-corrected chi connectivity index (χ0v) is 17.3. The van der Waals surface area contributed by atoms with E-state index < -0.39 is 0 Å². The molecular weight excluding hydrogens is 378 g/mol. The first-order chi connectivity index (χ1) is 14.7. The zero-order valence-electron chi connectivity index (χ0n) is 17.3. The molecule has 0 spiro atoms. The second-order valence-electron chi connectivity index (χ2n) is 7.55. The number of fused-ring (bicyclic) bond motifs is 1. The molecule has 1 amide bonds. The number of aromatic nitrogens is 2. The SMILES string of the molecule is Cn1ccnc1CN(CCCc1ccccc1)C(=O)CCc1ccc2c(c1)OCO2. The van der Waals surface area contributed by atoms with E-state index in [2.05, 4.69) is 29.2 Å². The van der Waals surface area contributed by atoms with Crippen LogP contribution in [0.3, 0.4) is 0 Å². The smallest absolute Gasteiger partial charge is 0.231 e. The van der Waals surface area contributed by atoms with Gasteiger partial charge in [-0.25, -0.2) is 4.98 Å². The van der Waals surface area contributed by atoms with Gasteiger partial charge in [0.2, 0.25) is 12.7 Å². The van der Waals surface area contributed by atoms with Crippen molar-refractivity contribution in [3.8, 4) is 11.5 Å². The Balaban J connectivity index is 1.37. The van der Waals surface area contributed by atoms with Crippen LogP contribution >= 0.6 is 0 Å². The molecule has 156 valence electrons. The number of carbonyl (C=O) groups is 1. The Morgan fingerprint density at radius 3 is 2.70 bits per heavy atom. The highest BCUT2D eigenvalue weighted by Crippen LogP contribution is 2.32. The minimum Gasteiger partial charge on any atom is -0.454 e. The molecule has 6 nitrogen and oxygen atoms in total. The Morgan fingerprint density at radius 1 is 1.07 bits per heavy atom. The monoisotopic (exact) mass is 405 g/mol. The van der Waals surface area contributed by atoms with Gasteiger partial charge in [0.05, 0.1) is 6.54 Å². The van der Waals surface area contributed by atoms with E-state index in [0.717, 1.165) is 35.7 Å². The number of aryl methyl sites for hydroxylation is 3. The topological polar surface area (TPSA) is 56.6 Å². The predicted octanol–water partition coefficient (Wildman–Crippen LogP) is 3.74. The quantitative estimate of drug-likeness (QED) is 0.544. The summed E-state index contributed by atoms with van der Waals surface area (Å²) in [4.78, 5) is 19.4. The molecule has 1 aliphatic heterocycles. The lowest BCUT2D eigenvalue weighted by molar-refractivity contribution is -0.132. The number of carbonyl (C=O) groups excluding carboxylic acids is 1. The lowest BCUT2D eigenvalue weighted by Crippen LogP contribution is -2.33. The molecule has 0 unspecified atom stereocenters. The van der Waals surface area contributed by atoms with Crippen molar-refractivity contribution in [3.05, 3.63) is 77.9 Å². The fourth-order valence-electron chi connectivity index (χ4n) is 3.64. The van der Waals surface area contributed by atoms with Gasteiger partial charge in [-0.1, -0.05) is 36.4 Å². The van der Waals surface area contributed by atoms with Crippen molar-refractivity contribution in [1.29, 1.82) is 0 Å². The fraction of sp³-hybridized carbons (Fsp3) is 0.333. The van der Waals surface area contributed by atoms with Crippen LogP contribution in [-0.4, -0.2) is 33.7 Å². The number of nitrogens with zero attached hydrogens (tertiary/aromatic N) is 3. The van der Waals surface area contributed by atoms with Gasteiger partial charge in [-0.2, -0.15) is 0 Å². The van der Waals surface area contributed by atoms with E-state index in [4.69, 9.17) is 9.47 Å². The van der Waals surface area contributed by atoms with Crippen molar-refractivity contribution in [3.63, 3.8) is 0 Å². The maximum Gasteiger partial charge on any atom is 0.231 e. The maximum absolute atomic E-state index is 13.1. The summed E-state index contributed by atoms with van der Waals surface area (Å²) < 4.78 is 12.8. The van der Waals surface area contributed by atoms with Crippen LogP contribution in [0.4, 0.5) is 0 Å². The van der Waals surface area contributed by atoms with Crippen LogP contribution in [0.2, 0.25) is 0 Å². The first kappa shape index (κ1) is 20.0. The van der Waals surface area contributed by atoms with Gasteiger partial charge in [0.15, 0.2) is 11.5 Å². The summed E-state index contributed by atoms with van der Waals surface area (Å²) in [5, 5.41) is 0. The molecule has 4 rings (SSSR count). The van der Waals surface area contributed by atoms with E-state index in [1.807, 2.05) is 47.0 Å². The Labute approximate surface area is 177 Å². The van der Waals surface area contributed by atoms with Gasteiger partial charge in [0.1, 0.15) is 5.82 Å². The standard InChI is InChI=1S/C24H27N3O3/c1-26-15-13-25-23(26)17-27(14-5-8-19-6-3-2-4-7-19)24(28)12-10-20-9-11-21-22(16-20)30-18-29-21/h2-4,6-7,9,11,13,15-16H,5,8,10,12,14,17-18H2,1H3. The average molecular weight is 405 g/mol. The first-order valence-corrected chi connectivity index (χ1v) is 10.4. The van der Waals surface area contributed by atoms with Crippen molar-refractivity contribution in [1.82, 2.24) is 14.5 Å². The molecule has 0 saturated heterocycles. The first-order valence-electron chi connectivity index (χ1n) is 10.4. The third-order valence-corrected chi connectivity index (χ3v) is 5.41. The van der Waals surface area contributed by atoms with E-state index in [0.29, 0.717) is 25.9 Å². The molecule has 0 atom stereocenters. The molecule has 0 N–H and O–H groups in total. The van der Waals surface area contributed by atoms with Gasteiger partial charge >= 0.3 is 0 Å². The molecule has 0 radical (unpaired) electrons. The van der Waals surface area contributed by atoms with Crippen LogP contribution in [0.15, 0.2) is 60.9 Å². The van der Waals surface area contributed by atoms with Crippen LogP contribution in [0.5, 0.6) is 11.5 Å². The van der Waals surface area contributed by atoms with Gasteiger partial charge in [-0.3, -0.25) is 4.79 Å². The summed E-state index contributed by atoms with van der Waals surface area (Å²) >= 11 is 0. The van der Waals surface area contributed by atoms with Gasteiger partial charge in [-0.05, 0) is 42.5 Å². The number of ether oxygens (including phenoxy) is 2. The van der Waals surface area contributed by atoms with Crippen molar-refractivity contribution in [2.45, 2.75) is 32.2 Å². The number of imidazole rings is 1. The van der Waals surface area contributed by atoms with E-state index in [1.54, 1.807) is 6.20 Å². The maximum atomic E-state index is 13.1. The molecule has 6 heteroatoms. The largest absolute Gasteiger partial charge is 0.454 e. The second kappa shape index (κ2) is 9.48. The minimum absolute atomic E-state index is 0.142. The van der Waals surface area contributed by atoms with Crippen molar-refractivity contribution in [2.24, 2.45) is 7.05 Å². The summed E-state index contributed by atoms with van der Waals surface area (Å²) in [5.41, 5.74) is 2.37. The van der Waals surface area contributed by atoms with Crippen molar-refractivity contribution < 1.29 is 14.3 Å². The number of hydrogen-bond acceptors (Lipinski definition) is 4. The average Bonchev–Trinajstić information content (AvgIpc) is 3.40. The number of hydrogen-bond donors (Lipinski definition) is 0. The Kier molecular flexibility index (Phi) is 6.32. The second-order valence-corrected chi connectivity index (χ2v) is 7.55. The van der Waals surface area contributed by atoms with E-state index in [-0.39, 0.29) is 12.7 Å². The van der Waals surface area contributed by atoms with E-state index >= 15 is 0 Å². The number of rotatable bonds is 9. The molecule has 2 heterocycles. The highest BCUT2D eigenvalue weighted by atomic mass is 16.7. The van der Waals surface area contributed by atoms with E-state index in [9.17, 15) is 4.79 Å². The van der Waals surface area contributed by atoms with E-state index in [1.165, 1.54) is 5.56 Å². The van der Waals surface area contributed by atoms with Crippen LogP contribution in [-0.2, 0) is 31.2 Å². The Bertz CT molecular complexity index is 984. The molecule has 1 aliphatic rings. The summed E-state index contributed by atoms with van der Waals surface area (Å²) in [6, 6.07) is 16.3. The molecule has 0 saturated carbocycles. The summed E-state index contributed by atoms with van der Waals surface area (Å²) in [6.45, 7) is 1.50. The summed E-state index contributed by atoms with van der Waals surface area (Å²) in [5.74, 6) is 2.56. The molecule has 1 aromatic heterocycles. The predicted molar refractivity (Wildman–Crippen MR) is 114 cm³/mol. The lowest BCUT2D eigenvalue weighted by atomic mass is 10.1. The Hall–Kier alpha value is -3.28. The van der Waals surface area contributed by atoms with Crippen LogP contribution in [0.25, 0.3) is 0 Å². The van der Waals surface area contributed by atoms with Crippen molar-refractivity contribution in [2.75, 3.05) is 13.3 Å². The minimum atomic E-state index is 0.142. The molecule has 3 aromatic rings. The molecule has 2 aromatic carbocycles.